The molecule has 0 saturated heterocycles. The average molecular weight is 414 g/mol. The van der Waals surface area contributed by atoms with Crippen LogP contribution in [0.2, 0.25) is 0 Å². The molecule has 0 aliphatic carbocycles. The smallest absolute Gasteiger partial charge is 0.368 e. The molecular weight excluding hydrogens is 399 g/mol. The summed E-state index contributed by atoms with van der Waals surface area (Å²) in [5.74, 6) is 0.676. The summed E-state index contributed by atoms with van der Waals surface area (Å²) in [6.45, 7) is 2.09. The molecule has 22 heavy (non-hydrogen) atoms. The Kier molecular flexibility index (Phi) is 3.67. The zero-order valence-electron chi connectivity index (χ0n) is 12.9. The Balaban J connectivity index is 1.90. The van der Waals surface area contributed by atoms with E-state index >= 15 is 0 Å². The molecule has 0 aliphatic rings. The summed E-state index contributed by atoms with van der Waals surface area (Å²) in [5, 5.41) is 7.51. The van der Waals surface area contributed by atoms with E-state index in [4.69, 9.17) is 10.5 Å². The molecule has 1 aromatic carbocycles. The van der Waals surface area contributed by atoms with E-state index in [0.29, 0.717) is 26.8 Å². The standard InChI is InChI=1S/C14H13IN4O3/c1-9-5-3-4-6-12(9)21-7-10-11(8-22-13(10)15)19-14(20)18(2)16-17-19/h3-6,8H,7H2,1-2H3/i3T. The number of tetrazole rings is 1. The van der Waals surface area contributed by atoms with E-state index < -0.39 is 0 Å². The molecule has 2 aromatic heterocycles. The third-order valence-electron chi connectivity index (χ3n) is 3.16. The summed E-state index contributed by atoms with van der Waals surface area (Å²) in [5.41, 5.74) is 1.72. The molecule has 2 heterocycles. The highest BCUT2D eigenvalue weighted by Crippen LogP contribution is 2.24. The third-order valence-corrected chi connectivity index (χ3v) is 4.07. The minimum Gasteiger partial charge on any atom is -0.488 e. The third kappa shape index (κ3) is 2.65. The van der Waals surface area contributed by atoms with Gasteiger partial charge in [0.25, 0.3) is 0 Å². The highest BCUT2D eigenvalue weighted by atomic mass is 127. The van der Waals surface area contributed by atoms with Gasteiger partial charge in [-0.3, -0.25) is 0 Å². The molecule has 0 saturated carbocycles. The van der Waals surface area contributed by atoms with Crippen molar-refractivity contribution in [2.45, 2.75) is 13.5 Å². The van der Waals surface area contributed by atoms with E-state index in [1.54, 1.807) is 18.2 Å². The number of ether oxygens (including phenoxy) is 1. The molecule has 114 valence electrons. The van der Waals surface area contributed by atoms with Crippen LogP contribution in [-0.4, -0.2) is 19.8 Å². The highest BCUT2D eigenvalue weighted by Gasteiger charge is 2.18. The molecule has 0 aliphatic heterocycles. The molecule has 0 bridgehead atoms. The lowest BCUT2D eigenvalue weighted by atomic mass is 10.2. The molecule has 0 fully saturated rings. The fourth-order valence-electron chi connectivity index (χ4n) is 1.94. The van der Waals surface area contributed by atoms with Gasteiger partial charge in [0.05, 0.1) is 6.93 Å². The summed E-state index contributed by atoms with van der Waals surface area (Å²) < 4.78 is 21.7. The van der Waals surface area contributed by atoms with Crippen molar-refractivity contribution in [2.75, 3.05) is 0 Å². The quantitative estimate of drug-likeness (QED) is 0.611. The number of furan rings is 1. The average Bonchev–Trinajstić information content (AvgIpc) is 3.02. The maximum absolute atomic E-state index is 12.0. The first-order chi connectivity index (χ1) is 11.0. The molecule has 8 heteroatoms. The van der Waals surface area contributed by atoms with Gasteiger partial charge in [-0.1, -0.05) is 18.2 Å². The van der Waals surface area contributed by atoms with Crippen molar-refractivity contribution in [1.29, 1.82) is 0 Å². The first-order valence-electron chi connectivity index (χ1n) is 6.92. The monoisotopic (exact) mass is 414 g/mol. The van der Waals surface area contributed by atoms with Gasteiger partial charge in [-0.15, -0.1) is 0 Å². The van der Waals surface area contributed by atoms with Crippen LogP contribution >= 0.6 is 22.6 Å². The number of rotatable bonds is 4. The molecule has 0 amide bonds. The lowest BCUT2D eigenvalue weighted by Gasteiger charge is -2.09. The first-order valence-corrected chi connectivity index (χ1v) is 7.50. The van der Waals surface area contributed by atoms with Gasteiger partial charge in [0, 0.05) is 29.6 Å². The Hall–Kier alpha value is -2.10. The Morgan fingerprint density at radius 3 is 2.95 bits per heavy atom. The molecule has 0 atom stereocenters. The fourth-order valence-corrected chi connectivity index (χ4v) is 2.49. The topological polar surface area (TPSA) is 75.1 Å². The van der Waals surface area contributed by atoms with Crippen LogP contribution in [0.15, 0.2) is 39.7 Å². The maximum Gasteiger partial charge on any atom is 0.368 e. The minimum atomic E-state index is -0.363. The van der Waals surface area contributed by atoms with Gasteiger partial charge < -0.3 is 9.15 Å². The molecule has 0 radical (unpaired) electrons. The fraction of sp³-hybridized carbons (Fsp3) is 0.214. The van der Waals surface area contributed by atoms with Gasteiger partial charge in [-0.25, -0.2) is 4.79 Å². The van der Waals surface area contributed by atoms with Crippen LogP contribution in [0.1, 0.15) is 12.5 Å². The molecular formula is C14H13IN4O3. The Bertz CT molecular complexity index is 915. The van der Waals surface area contributed by atoms with Crippen molar-refractivity contribution in [2.24, 2.45) is 7.05 Å². The van der Waals surface area contributed by atoms with Crippen LogP contribution in [0, 0.1) is 10.7 Å². The van der Waals surface area contributed by atoms with E-state index in [2.05, 4.69) is 10.4 Å². The second-order valence-electron chi connectivity index (χ2n) is 4.65. The second-order valence-corrected chi connectivity index (χ2v) is 5.63. The number of aromatic nitrogens is 4. The van der Waals surface area contributed by atoms with Crippen molar-refractivity contribution < 1.29 is 10.5 Å². The molecule has 0 unspecified atom stereocenters. The second kappa shape index (κ2) is 5.95. The summed E-state index contributed by atoms with van der Waals surface area (Å²) in [6, 6.07) is 5.57. The van der Waals surface area contributed by atoms with Gasteiger partial charge in [0.1, 0.15) is 24.3 Å². The summed E-state index contributed by atoms with van der Waals surface area (Å²) in [6.07, 6.45) is 1.45. The normalized spacial score (nSPS) is 11.5. The first kappa shape index (κ1) is 13.6. The van der Waals surface area contributed by atoms with E-state index in [0.717, 1.165) is 10.2 Å². The van der Waals surface area contributed by atoms with E-state index in [9.17, 15) is 4.79 Å². The number of aryl methyl sites for hydroxylation is 2. The van der Waals surface area contributed by atoms with Gasteiger partial charge in [-0.2, -0.15) is 9.36 Å². The molecule has 3 aromatic rings. The van der Waals surface area contributed by atoms with Crippen molar-refractivity contribution >= 4 is 22.6 Å². The van der Waals surface area contributed by atoms with E-state index in [-0.39, 0.29) is 12.3 Å². The Morgan fingerprint density at radius 1 is 1.45 bits per heavy atom. The van der Waals surface area contributed by atoms with Crippen LogP contribution in [-0.2, 0) is 13.7 Å². The zero-order chi connectivity index (χ0) is 16.6. The van der Waals surface area contributed by atoms with Crippen molar-refractivity contribution in [1.82, 2.24) is 19.8 Å². The van der Waals surface area contributed by atoms with Gasteiger partial charge in [-0.05, 0) is 29.0 Å². The predicted octanol–water partition coefficient (Wildman–Crippen LogP) is 2.05. The number of hydrogen-bond acceptors (Lipinski definition) is 5. The van der Waals surface area contributed by atoms with Crippen LogP contribution in [0.5, 0.6) is 5.75 Å². The van der Waals surface area contributed by atoms with Crippen LogP contribution < -0.4 is 10.4 Å². The van der Waals surface area contributed by atoms with Crippen LogP contribution in [0.3, 0.4) is 0 Å². The molecule has 3 rings (SSSR count). The van der Waals surface area contributed by atoms with Gasteiger partial charge >= 0.3 is 5.69 Å². The molecule has 0 N–H and O–H groups in total. The Morgan fingerprint density at radius 2 is 2.27 bits per heavy atom. The number of halogens is 1. The minimum absolute atomic E-state index is 0.214. The summed E-state index contributed by atoms with van der Waals surface area (Å²) >= 11 is 2.04. The lowest BCUT2D eigenvalue weighted by Crippen LogP contribution is -2.22. The van der Waals surface area contributed by atoms with Crippen molar-refractivity contribution in [3.63, 3.8) is 0 Å². The lowest BCUT2D eigenvalue weighted by molar-refractivity contribution is 0.300. The SMILES string of the molecule is [3H]c1ccc(OCc2c(-n3nnn(C)c3=O)coc2I)c(C)c1. The number of nitrogens with zero attached hydrogens (tertiary/aromatic N) is 4. The Labute approximate surface area is 141 Å². The van der Waals surface area contributed by atoms with Crippen LogP contribution in [0.4, 0.5) is 0 Å². The maximum atomic E-state index is 12.0. The van der Waals surface area contributed by atoms with Gasteiger partial charge in [0.15, 0.2) is 3.77 Å². The number of benzene rings is 1. The zero-order valence-corrected chi connectivity index (χ0v) is 14.1. The summed E-state index contributed by atoms with van der Waals surface area (Å²) in [4.78, 5) is 12.0. The highest BCUT2D eigenvalue weighted by molar-refractivity contribution is 14.1. The van der Waals surface area contributed by atoms with Gasteiger partial charge in [0.2, 0.25) is 0 Å². The molecule has 0 spiro atoms. The van der Waals surface area contributed by atoms with Crippen molar-refractivity contribution in [3.8, 4) is 11.4 Å². The van der Waals surface area contributed by atoms with Crippen molar-refractivity contribution in [3.05, 3.63) is 55.9 Å². The summed E-state index contributed by atoms with van der Waals surface area (Å²) in [7, 11) is 1.53. The van der Waals surface area contributed by atoms with E-state index in [1.807, 2.05) is 29.5 Å². The van der Waals surface area contributed by atoms with E-state index in [1.165, 1.54) is 18.0 Å². The predicted molar refractivity (Wildman–Crippen MR) is 87.1 cm³/mol. The number of para-hydroxylation sites is 1. The largest absolute Gasteiger partial charge is 0.488 e. The number of hydrogen-bond donors (Lipinski definition) is 0. The molecule has 7 nitrogen and oxygen atoms in total. The van der Waals surface area contributed by atoms with Crippen LogP contribution in [0.25, 0.3) is 5.69 Å².